The van der Waals surface area contributed by atoms with Gasteiger partial charge in [-0.25, -0.2) is 4.98 Å². The molecule has 5 heteroatoms. The summed E-state index contributed by atoms with van der Waals surface area (Å²) in [5.74, 6) is 2.32. The second kappa shape index (κ2) is 9.79. The minimum atomic E-state index is 0.0109. The predicted octanol–water partition coefficient (Wildman–Crippen LogP) is 6.46. The number of hydrogen-bond donors (Lipinski definition) is 1. The Bertz CT molecular complexity index is 922. The van der Waals surface area contributed by atoms with Crippen LogP contribution in [0.2, 0.25) is 0 Å². The maximum absolute atomic E-state index is 12.6. The van der Waals surface area contributed by atoms with Crippen LogP contribution in [0.25, 0.3) is 11.5 Å². The minimum Gasteiger partial charge on any atom is -0.444 e. The topological polar surface area (TPSA) is 55.1 Å². The summed E-state index contributed by atoms with van der Waals surface area (Å²) in [7, 11) is 0. The lowest BCUT2D eigenvalue weighted by molar-refractivity contribution is -0.113. The van der Waals surface area contributed by atoms with Crippen molar-refractivity contribution in [1.29, 1.82) is 0 Å². The van der Waals surface area contributed by atoms with E-state index in [4.69, 9.17) is 4.42 Å². The van der Waals surface area contributed by atoms with E-state index in [1.807, 2.05) is 30.3 Å². The molecule has 0 spiro atoms. The molecule has 1 aromatic heterocycles. The van der Waals surface area contributed by atoms with E-state index in [-0.39, 0.29) is 5.91 Å². The standard InChI is InChI=1S/C24H28N2O2S/c1-16(2)20-11-8-12-21(17(3)4)23(20)26-22(27)15-29-14-19-13-28-24(25-19)18-9-6-5-7-10-18/h5-13,16-17H,14-15H2,1-4H3,(H,26,27). The van der Waals surface area contributed by atoms with Gasteiger partial charge in [0.2, 0.25) is 11.8 Å². The van der Waals surface area contributed by atoms with Crippen molar-refractivity contribution in [2.75, 3.05) is 11.1 Å². The lowest BCUT2D eigenvalue weighted by atomic mass is 9.92. The number of benzene rings is 2. The van der Waals surface area contributed by atoms with Crippen molar-refractivity contribution in [1.82, 2.24) is 4.98 Å². The van der Waals surface area contributed by atoms with Crippen molar-refractivity contribution in [2.24, 2.45) is 0 Å². The highest BCUT2D eigenvalue weighted by Crippen LogP contribution is 2.32. The molecular formula is C24H28N2O2S. The third kappa shape index (κ3) is 5.51. The number of nitrogens with zero attached hydrogens (tertiary/aromatic N) is 1. The molecule has 0 aliphatic carbocycles. The summed E-state index contributed by atoms with van der Waals surface area (Å²) in [6.07, 6.45) is 1.66. The van der Waals surface area contributed by atoms with E-state index in [0.29, 0.717) is 29.2 Å². The van der Waals surface area contributed by atoms with Crippen molar-refractivity contribution in [3.8, 4) is 11.5 Å². The molecule has 1 N–H and O–H groups in total. The molecule has 0 aliphatic rings. The van der Waals surface area contributed by atoms with Gasteiger partial charge in [-0.1, -0.05) is 64.1 Å². The monoisotopic (exact) mass is 408 g/mol. The first kappa shape index (κ1) is 21.2. The first-order valence-corrected chi connectivity index (χ1v) is 11.1. The molecule has 0 atom stereocenters. The quantitative estimate of drug-likeness (QED) is 0.465. The molecule has 2 aromatic carbocycles. The van der Waals surface area contributed by atoms with Gasteiger partial charge in [-0.3, -0.25) is 4.79 Å². The van der Waals surface area contributed by atoms with E-state index in [9.17, 15) is 4.79 Å². The largest absolute Gasteiger partial charge is 0.444 e. The molecule has 0 unspecified atom stereocenters. The van der Waals surface area contributed by atoms with Crippen LogP contribution >= 0.6 is 11.8 Å². The molecule has 0 radical (unpaired) electrons. The maximum atomic E-state index is 12.6. The van der Waals surface area contributed by atoms with E-state index in [1.165, 1.54) is 22.9 Å². The zero-order valence-corrected chi connectivity index (χ0v) is 18.3. The van der Waals surface area contributed by atoms with Crippen LogP contribution in [0.5, 0.6) is 0 Å². The number of oxazole rings is 1. The van der Waals surface area contributed by atoms with Crippen LogP contribution in [0.4, 0.5) is 5.69 Å². The average molecular weight is 409 g/mol. The Labute approximate surface area is 177 Å². The number of rotatable bonds is 8. The zero-order chi connectivity index (χ0) is 20.8. The molecule has 0 bridgehead atoms. The van der Waals surface area contributed by atoms with Crippen molar-refractivity contribution < 1.29 is 9.21 Å². The molecule has 29 heavy (non-hydrogen) atoms. The number of amides is 1. The summed E-state index contributed by atoms with van der Waals surface area (Å²) < 4.78 is 5.56. The zero-order valence-electron chi connectivity index (χ0n) is 17.4. The van der Waals surface area contributed by atoms with Gasteiger partial charge in [-0.05, 0) is 35.1 Å². The lowest BCUT2D eigenvalue weighted by Gasteiger charge is -2.20. The number of carbonyl (C=O) groups is 1. The van der Waals surface area contributed by atoms with E-state index >= 15 is 0 Å². The van der Waals surface area contributed by atoms with Crippen molar-refractivity contribution in [3.63, 3.8) is 0 Å². The Morgan fingerprint density at radius 1 is 1.00 bits per heavy atom. The molecule has 152 valence electrons. The summed E-state index contributed by atoms with van der Waals surface area (Å²) in [6, 6.07) is 16.1. The molecular weight excluding hydrogens is 380 g/mol. The minimum absolute atomic E-state index is 0.0109. The third-order valence-electron chi connectivity index (χ3n) is 4.69. The van der Waals surface area contributed by atoms with Gasteiger partial charge in [-0.2, -0.15) is 0 Å². The molecule has 3 rings (SSSR count). The summed E-state index contributed by atoms with van der Waals surface area (Å²) >= 11 is 1.54. The lowest BCUT2D eigenvalue weighted by Crippen LogP contribution is -2.17. The first-order valence-electron chi connectivity index (χ1n) is 9.96. The fourth-order valence-electron chi connectivity index (χ4n) is 3.21. The Morgan fingerprint density at radius 2 is 1.66 bits per heavy atom. The predicted molar refractivity (Wildman–Crippen MR) is 121 cm³/mol. The Hall–Kier alpha value is -2.53. The second-order valence-corrected chi connectivity index (χ2v) is 8.66. The molecule has 0 saturated heterocycles. The summed E-state index contributed by atoms with van der Waals surface area (Å²) in [5, 5.41) is 3.16. The van der Waals surface area contributed by atoms with Crippen LogP contribution in [-0.4, -0.2) is 16.6 Å². The summed E-state index contributed by atoms with van der Waals surface area (Å²) in [4.78, 5) is 17.1. The molecule has 1 amide bonds. The fourth-order valence-corrected chi connectivity index (χ4v) is 3.91. The number of carbonyl (C=O) groups excluding carboxylic acids is 1. The Balaban J connectivity index is 1.59. The van der Waals surface area contributed by atoms with Gasteiger partial charge < -0.3 is 9.73 Å². The Kier molecular flexibility index (Phi) is 7.15. The molecule has 4 nitrogen and oxygen atoms in total. The SMILES string of the molecule is CC(C)c1cccc(C(C)C)c1NC(=O)CSCc1coc(-c2ccccc2)n1. The number of thioether (sulfide) groups is 1. The van der Waals surface area contributed by atoms with Gasteiger partial charge in [0, 0.05) is 17.0 Å². The van der Waals surface area contributed by atoms with Gasteiger partial charge in [0.25, 0.3) is 0 Å². The highest BCUT2D eigenvalue weighted by Gasteiger charge is 2.16. The van der Waals surface area contributed by atoms with E-state index in [0.717, 1.165) is 16.9 Å². The van der Waals surface area contributed by atoms with Gasteiger partial charge in [0.05, 0.1) is 11.4 Å². The van der Waals surface area contributed by atoms with Crippen LogP contribution in [0.1, 0.15) is 56.4 Å². The number of aromatic nitrogens is 1. The van der Waals surface area contributed by atoms with Crippen molar-refractivity contribution in [3.05, 3.63) is 71.6 Å². The van der Waals surface area contributed by atoms with Gasteiger partial charge in [0.1, 0.15) is 6.26 Å². The first-order chi connectivity index (χ1) is 14.0. The third-order valence-corrected chi connectivity index (χ3v) is 5.66. The van der Waals surface area contributed by atoms with Crippen LogP contribution in [0, 0.1) is 0 Å². The average Bonchev–Trinajstić information content (AvgIpc) is 3.17. The summed E-state index contributed by atoms with van der Waals surface area (Å²) in [5.41, 5.74) is 5.12. The number of hydrogen-bond acceptors (Lipinski definition) is 4. The maximum Gasteiger partial charge on any atom is 0.234 e. The Morgan fingerprint density at radius 3 is 2.28 bits per heavy atom. The highest BCUT2D eigenvalue weighted by atomic mass is 32.2. The van der Waals surface area contributed by atoms with Gasteiger partial charge in [0.15, 0.2) is 0 Å². The van der Waals surface area contributed by atoms with E-state index < -0.39 is 0 Å². The normalized spacial score (nSPS) is 11.2. The smallest absolute Gasteiger partial charge is 0.234 e. The molecule has 1 heterocycles. The van der Waals surface area contributed by atoms with Crippen LogP contribution in [0.15, 0.2) is 59.2 Å². The van der Waals surface area contributed by atoms with Crippen LogP contribution in [0.3, 0.4) is 0 Å². The highest BCUT2D eigenvalue weighted by molar-refractivity contribution is 7.99. The van der Waals surface area contributed by atoms with E-state index in [2.05, 4.69) is 56.2 Å². The number of anilines is 1. The van der Waals surface area contributed by atoms with Crippen molar-refractivity contribution >= 4 is 23.4 Å². The molecule has 0 fully saturated rings. The number of nitrogens with one attached hydrogen (secondary N) is 1. The molecule has 0 saturated carbocycles. The number of para-hydroxylation sites is 1. The van der Waals surface area contributed by atoms with Crippen LogP contribution < -0.4 is 5.32 Å². The van der Waals surface area contributed by atoms with Gasteiger partial charge in [-0.15, -0.1) is 11.8 Å². The molecule has 0 aliphatic heterocycles. The summed E-state index contributed by atoms with van der Waals surface area (Å²) in [6.45, 7) is 8.61. The fraction of sp³-hybridized carbons (Fsp3) is 0.333. The van der Waals surface area contributed by atoms with E-state index in [1.54, 1.807) is 6.26 Å². The van der Waals surface area contributed by atoms with Crippen LogP contribution in [-0.2, 0) is 10.5 Å². The molecule has 3 aromatic rings. The van der Waals surface area contributed by atoms with Crippen molar-refractivity contribution in [2.45, 2.75) is 45.3 Å². The van der Waals surface area contributed by atoms with Gasteiger partial charge >= 0.3 is 0 Å². The second-order valence-electron chi connectivity index (χ2n) is 7.67.